The molecule has 1 amide bonds. The van der Waals surface area contributed by atoms with Gasteiger partial charge in [-0.2, -0.15) is 4.39 Å². The van der Waals surface area contributed by atoms with Gasteiger partial charge in [0.25, 0.3) is 0 Å². The second-order valence-electron chi connectivity index (χ2n) is 9.88. The minimum Gasteiger partial charge on any atom is -0.494 e. The number of amides is 1. The average molecular weight is 623 g/mol. The molecule has 4 rings (SSSR count). The maximum Gasteiger partial charge on any atom is 0.236 e. The number of imidazole rings is 1. The van der Waals surface area contributed by atoms with Crippen LogP contribution in [0.2, 0.25) is 0 Å². The highest BCUT2D eigenvalue weighted by Crippen LogP contribution is 2.32. The predicted octanol–water partition coefficient (Wildman–Crippen LogP) is 3.94. The lowest BCUT2D eigenvalue weighted by atomic mass is 10.0. The molecule has 2 aromatic carbocycles. The molecule has 240 valence electrons. The summed E-state index contributed by atoms with van der Waals surface area (Å²) in [6.45, 7) is 9.05. The van der Waals surface area contributed by atoms with Crippen LogP contribution in [0, 0.1) is 11.6 Å². The third-order valence-corrected chi connectivity index (χ3v) is 6.86. The molecule has 7 N–H and O–H groups in total. The average Bonchev–Trinajstić information content (AvgIpc) is 3.48. The number of halogens is 2. The molecule has 0 unspecified atom stereocenters. The number of carbonyl (C=O) groups is 2. The summed E-state index contributed by atoms with van der Waals surface area (Å²) in [6, 6.07) is 8.10. The lowest BCUT2D eigenvalue weighted by Crippen LogP contribution is -2.43. The summed E-state index contributed by atoms with van der Waals surface area (Å²) < 4.78 is 35.7. The molecule has 0 bridgehead atoms. The van der Waals surface area contributed by atoms with Crippen LogP contribution in [-0.4, -0.2) is 59.3 Å². The number of hydrogen-bond acceptors (Lipinski definition) is 9. The Morgan fingerprint density at radius 1 is 1.16 bits per heavy atom. The first-order valence-electron chi connectivity index (χ1n) is 14.5. The SMILES string of the molecule is C=C(NCCNC(=O)[C@@H](N)CCCN)c1ccc(Nc2nccn3c(-c4ccc(OC)c(F)c4F)cnc23)cc1CC.CC=O. The van der Waals surface area contributed by atoms with Gasteiger partial charge in [-0.15, -0.1) is 0 Å². The molecular formula is C32H40F2N8O3. The second-order valence-corrected chi connectivity index (χ2v) is 9.88. The Morgan fingerprint density at radius 2 is 1.89 bits per heavy atom. The van der Waals surface area contributed by atoms with E-state index in [9.17, 15) is 13.6 Å². The number of ether oxygens (including phenoxy) is 1. The van der Waals surface area contributed by atoms with Crippen LogP contribution < -0.4 is 32.2 Å². The van der Waals surface area contributed by atoms with Gasteiger partial charge in [-0.3, -0.25) is 9.20 Å². The van der Waals surface area contributed by atoms with Crippen molar-refractivity contribution in [2.45, 2.75) is 39.2 Å². The van der Waals surface area contributed by atoms with Crippen molar-refractivity contribution in [1.29, 1.82) is 0 Å². The highest BCUT2D eigenvalue weighted by molar-refractivity contribution is 5.81. The lowest BCUT2D eigenvalue weighted by Gasteiger charge is -2.16. The summed E-state index contributed by atoms with van der Waals surface area (Å²) in [6.07, 6.45) is 7.41. The van der Waals surface area contributed by atoms with E-state index in [-0.39, 0.29) is 17.2 Å². The first-order chi connectivity index (χ1) is 21.7. The fourth-order valence-corrected chi connectivity index (χ4v) is 4.58. The van der Waals surface area contributed by atoms with Gasteiger partial charge in [0.2, 0.25) is 11.7 Å². The van der Waals surface area contributed by atoms with Gasteiger partial charge in [0.1, 0.15) is 6.29 Å². The van der Waals surface area contributed by atoms with Gasteiger partial charge in [0.15, 0.2) is 23.0 Å². The van der Waals surface area contributed by atoms with Gasteiger partial charge >= 0.3 is 0 Å². The molecule has 0 radical (unpaired) electrons. The van der Waals surface area contributed by atoms with Gasteiger partial charge in [-0.05, 0) is 62.6 Å². The Balaban J connectivity index is 0.00000177. The van der Waals surface area contributed by atoms with E-state index in [1.54, 1.807) is 16.8 Å². The molecule has 45 heavy (non-hydrogen) atoms. The van der Waals surface area contributed by atoms with Gasteiger partial charge in [0.05, 0.1) is 25.0 Å². The van der Waals surface area contributed by atoms with Gasteiger partial charge in [-0.25, -0.2) is 14.4 Å². The van der Waals surface area contributed by atoms with E-state index in [1.165, 1.54) is 32.4 Å². The van der Waals surface area contributed by atoms with E-state index < -0.39 is 17.7 Å². The largest absolute Gasteiger partial charge is 0.494 e. The van der Waals surface area contributed by atoms with Crippen molar-refractivity contribution in [3.05, 3.63) is 78.3 Å². The fourth-order valence-electron chi connectivity index (χ4n) is 4.58. The zero-order valence-corrected chi connectivity index (χ0v) is 25.7. The zero-order valence-electron chi connectivity index (χ0n) is 25.7. The molecule has 0 aliphatic carbocycles. The number of methoxy groups -OCH3 is 1. The monoisotopic (exact) mass is 622 g/mol. The number of benzene rings is 2. The zero-order chi connectivity index (χ0) is 32.9. The fraction of sp³-hybridized carbons (Fsp3) is 0.312. The maximum absolute atomic E-state index is 14.8. The lowest BCUT2D eigenvalue weighted by molar-refractivity contribution is -0.122. The molecule has 2 aromatic heterocycles. The summed E-state index contributed by atoms with van der Waals surface area (Å²) >= 11 is 0. The molecule has 0 saturated carbocycles. The molecule has 0 fully saturated rings. The number of nitrogens with two attached hydrogens (primary N) is 2. The number of aldehydes is 1. The summed E-state index contributed by atoms with van der Waals surface area (Å²) in [5.74, 6) is -2.01. The summed E-state index contributed by atoms with van der Waals surface area (Å²) in [4.78, 5) is 29.7. The number of aryl methyl sites for hydroxylation is 1. The molecule has 0 saturated heterocycles. The summed E-state index contributed by atoms with van der Waals surface area (Å²) in [5, 5.41) is 9.37. The van der Waals surface area contributed by atoms with Crippen molar-refractivity contribution in [3.8, 4) is 17.0 Å². The van der Waals surface area contributed by atoms with Gasteiger partial charge in [-0.1, -0.05) is 19.6 Å². The number of carbonyl (C=O) groups excluding carboxylic acids is 2. The molecule has 0 aliphatic rings. The molecule has 0 aliphatic heterocycles. The van der Waals surface area contributed by atoms with Crippen LogP contribution >= 0.6 is 0 Å². The van der Waals surface area contributed by atoms with E-state index in [2.05, 4.69) is 32.5 Å². The first kappa shape index (κ1) is 34.6. The van der Waals surface area contributed by atoms with E-state index in [1.807, 2.05) is 25.1 Å². The van der Waals surface area contributed by atoms with Crippen molar-refractivity contribution in [2.24, 2.45) is 11.5 Å². The number of nitrogens with zero attached hydrogens (tertiary/aromatic N) is 3. The van der Waals surface area contributed by atoms with Gasteiger partial charge < -0.3 is 36.9 Å². The number of fused-ring (bicyclic) bond motifs is 1. The Morgan fingerprint density at radius 3 is 2.58 bits per heavy atom. The molecule has 0 spiro atoms. The second kappa shape index (κ2) is 16.8. The van der Waals surface area contributed by atoms with Crippen molar-refractivity contribution in [2.75, 3.05) is 32.1 Å². The number of nitrogens with one attached hydrogen (secondary N) is 3. The van der Waals surface area contributed by atoms with Crippen molar-refractivity contribution in [3.63, 3.8) is 0 Å². The molecule has 13 heteroatoms. The minimum absolute atomic E-state index is 0.0515. The van der Waals surface area contributed by atoms with Crippen molar-refractivity contribution in [1.82, 2.24) is 25.0 Å². The molecule has 11 nitrogen and oxygen atoms in total. The minimum atomic E-state index is -1.06. The normalized spacial score (nSPS) is 11.3. The quantitative estimate of drug-likeness (QED) is 0.104. The third-order valence-electron chi connectivity index (χ3n) is 6.86. The highest BCUT2D eigenvalue weighted by Gasteiger charge is 2.19. The summed E-state index contributed by atoms with van der Waals surface area (Å²) in [7, 11) is 1.28. The first-order valence-corrected chi connectivity index (χ1v) is 14.5. The number of aromatic nitrogens is 3. The topological polar surface area (TPSA) is 162 Å². The van der Waals surface area contributed by atoms with Crippen LogP contribution in [0.25, 0.3) is 22.6 Å². The molecule has 1 atom stereocenters. The standard InChI is InChI=1S/C30H36F2N8O2.C2H4O/c1-4-19-16-20(7-8-21(19)18(2)35-12-13-37-30(41)23(34)6-5-11-33)39-28-29-38-17-24(40(29)15-14-36-28)22-9-10-25(42-3)27(32)26(22)31;1-2-3/h7-10,14-17,23,35H,2,4-6,11-13,33-34H2,1,3H3,(H,36,39)(H,37,41);2H,1H3/t23-;/m0./s1. The number of anilines is 2. The van der Waals surface area contributed by atoms with Crippen LogP contribution in [0.15, 0.2) is 55.5 Å². The Bertz CT molecular complexity index is 1630. The number of hydrogen-bond donors (Lipinski definition) is 5. The van der Waals surface area contributed by atoms with Crippen LogP contribution in [0.3, 0.4) is 0 Å². The Kier molecular flexibility index (Phi) is 12.9. The van der Waals surface area contributed by atoms with Crippen molar-refractivity contribution >= 4 is 35.0 Å². The van der Waals surface area contributed by atoms with E-state index >= 15 is 0 Å². The van der Waals surface area contributed by atoms with Crippen LogP contribution in [-0.2, 0) is 16.0 Å². The van der Waals surface area contributed by atoms with E-state index in [0.717, 1.165) is 35.2 Å². The van der Waals surface area contributed by atoms with Crippen LogP contribution in [0.5, 0.6) is 5.75 Å². The van der Waals surface area contributed by atoms with Crippen LogP contribution in [0.1, 0.15) is 37.8 Å². The maximum atomic E-state index is 14.8. The predicted molar refractivity (Wildman–Crippen MR) is 172 cm³/mol. The Labute approximate surface area is 261 Å². The van der Waals surface area contributed by atoms with E-state index in [0.29, 0.717) is 49.6 Å². The molecular weight excluding hydrogens is 582 g/mol. The highest BCUT2D eigenvalue weighted by atomic mass is 19.2. The third kappa shape index (κ3) is 8.61. The van der Waals surface area contributed by atoms with Crippen LogP contribution in [0.4, 0.5) is 20.3 Å². The summed E-state index contributed by atoms with van der Waals surface area (Å²) in [5.41, 5.74) is 15.7. The molecule has 4 aromatic rings. The smallest absolute Gasteiger partial charge is 0.236 e. The number of rotatable bonds is 14. The van der Waals surface area contributed by atoms with Gasteiger partial charge in [0, 0.05) is 48.0 Å². The Hall–Kier alpha value is -4.88. The van der Waals surface area contributed by atoms with E-state index in [4.69, 9.17) is 21.0 Å². The molecule has 2 heterocycles. The van der Waals surface area contributed by atoms with Crippen molar-refractivity contribution < 1.29 is 23.1 Å².